The Morgan fingerprint density at radius 1 is 1.33 bits per heavy atom. The average Bonchev–Trinajstić information content (AvgIpc) is 3.30. The lowest BCUT2D eigenvalue weighted by Crippen LogP contribution is -2.52. The van der Waals surface area contributed by atoms with E-state index in [9.17, 15) is 9.59 Å². The number of thiazole rings is 1. The van der Waals surface area contributed by atoms with Gasteiger partial charge in [-0.1, -0.05) is 0 Å². The van der Waals surface area contributed by atoms with E-state index in [4.69, 9.17) is 0 Å². The molecule has 126 valence electrons. The smallest absolute Gasteiger partial charge is 0.255 e. The van der Waals surface area contributed by atoms with E-state index in [0.29, 0.717) is 13.0 Å². The Labute approximate surface area is 148 Å². The highest BCUT2D eigenvalue weighted by atomic mass is 32.1. The molecule has 2 aromatic heterocycles. The minimum atomic E-state index is 0.0996. The van der Waals surface area contributed by atoms with Gasteiger partial charge in [-0.05, 0) is 31.2 Å². The van der Waals surface area contributed by atoms with Crippen molar-refractivity contribution >= 4 is 34.5 Å². The number of thiophene rings is 1. The van der Waals surface area contributed by atoms with Crippen molar-refractivity contribution in [1.82, 2.24) is 14.8 Å². The van der Waals surface area contributed by atoms with Gasteiger partial charge in [-0.2, -0.15) is 11.3 Å². The summed E-state index contributed by atoms with van der Waals surface area (Å²) in [7, 11) is 0. The van der Waals surface area contributed by atoms with Gasteiger partial charge in [-0.15, -0.1) is 11.3 Å². The summed E-state index contributed by atoms with van der Waals surface area (Å²) >= 11 is 3.15. The highest BCUT2D eigenvalue weighted by molar-refractivity contribution is 7.09. The number of carbonyl (C=O) groups is 2. The van der Waals surface area contributed by atoms with Gasteiger partial charge < -0.3 is 9.80 Å². The summed E-state index contributed by atoms with van der Waals surface area (Å²) in [5.41, 5.74) is 1.72. The molecule has 5 nitrogen and oxygen atoms in total. The van der Waals surface area contributed by atoms with Crippen LogP contribution >= 0.6 is 22.7 Å². The maximum atomic E-state index is 12.7. The number of likely N-dealkylation sites (tertiary alicyclic amines) is 2. The second-order valence-electron chi connectivity index (χ2n) is 6.35. The van der Waals surface area contributed by atoms with Crippen LogP contribution in [0.3, 0.4) is 0 Å². The Morgan fingerprint density at radius 3 is 2.92 bits per heavy atom. The fourth-order valence-corrected chi connectivity index (χ4v) is 5.05. The monoisotopic (exact) mass is 361 g/mol. The molecule has 2 aliphatic rings. The summed E-state index contributed by atoms with van der Waals surface area (Å²) in [6.07, 6.45) is 2.14. The predicted octanol–water partition coefficient (Wildman–Crippen LogP) is 2.92. The van der Waals surface area contributed by atoms with Gasteiger partial charge in [0.05, 0.1) is 34.9 Å². The Morgan fingerprint density at radius 2 is 2.21 bits per heavy atom. The van der Waals surface area contributed by atoms with Gasteiger partial charge in [-0.25, -0.2) is 4.98 Å². The highest BCUT2D eigenvalue weighted by Gasteiger charge is 2.45. The molecule has 2 aromatic rings. The first-order valence-electron chi connectivity index (χ1n) is 8.17. The number of amides is 2. The first-order chi connectivity index (χ1) is 11.6. The molecular weight excluding hydrogens is 342 g/mol. The molecule has 0 aliphatic carbocycles. The van der Waals surface area contributed by atoms with Crippen molar-refractivity contribution in [2.75, 3.05) is 6.54 Å². The van der Waals surface area contributed by atoms with Crippen LogP contribution < -0.4 is 0 Å². The zero-order valence-corrected chi connectivity index (χ0v) is 15.1. The van der Waals surface area contributed by atoms with Crippen molar-refractivity contribution in [3.63, 3.8) is 0 Å². The van der Waals surface area contributed by atoms with Gasteiger partial charge in [0.2, 0.25) is 5.91 Å². The summed E-state index contributed by atoms with van der Waals surface area (Å²) in [6.45, 7) is 3.26. The van der Waals surface area contributed by atoms with Crippen LogP contribution in [-0.2, 0) is 11.3 Å². The van der Waals surface area contributed by atoms with Crippen LogP contribution in [-0.4, -0.2) is 45.2 Å². The molecule has 2 aliphatic heterocycles. The summed E-state index contributed by atoms with van der Waals surface area (Å²) in [5.74, 6) is 0.286. The van der Waals surface area contributed by atoms with Gasteiger partial charge >= 0.3 is 0 Å². The first-order valence-corrected chi connectivity index (χ1v) is 9.99. The van der Waals surface area contributed by atoms with Gasteiger partial charge in [0.1, 0.15) is 0 Å². The summed E-state index contributed by atoms with van der Waals surface area (Å²) in [6, 6.07) is 2.13. The number of aromatic nitrogens is 1. The lowest BCUT2D eigenvalue weighted by Gasteiger charge is -2.39. The van der Waals surface area contributed by atoms with Crippen molar-refractivity contribution < 1.29 is 9.59 Å². The van der Waals surface area contributed by atoms with Crippen molar-refractivity contribution in [2.45, 2.75) is 44.8 Å². The lowest BCUT2D eigenvalue weighted by atomic mass is 9.96. The molecule has 0 spiro atoms. The van der Waals surface area contributed by atoms with E-state index < -0.39 is 0 Å². The number of fused-ring (bicyclic) bond motifs is 1. The van der Waals surface area contributed by atoms with E-state index in [1.54, 1.807) is 22.7 Å². The highest BCUT2D eigenvalue weighted by Crippen LogP contribution is 2.33. The van der Waals surface area contributed by atoms with Crippen molar-refractivity contribution in [2.24, 2.45) is 0 Å². The van der Waals surface area contributed by atoms with Gasteiger partial charge in [0.15, 0.2) is 0 Å². The molecule has 0 bridgehead atoms. The van der Waals surface area contributed by atoms with Crippen molar-refractivity contribution in [1.29, 1.82) is 0 Å². The fraction of sp³-hybridized carbons (Fsp3) is 0.471. The molecule has 0 unspecified atom stereocenters. The van der Waals surface area contributed by atoms with Gasteiger partial charge in [-0.3, -0.25) is 9.59 Å². The second kappa shape index (κ2) is 6.29. The Bertz CT molecular complexity index is 756. The fourth-order valence-electron chi connectivity index (χ4n) is 3.81. The summed E-state index contributed by atoms with van der Waals surface area (Å²) < 4.78 is 0. The average molecular weight is 361 g/mol. The van der Waals surface area contributed by atoms with Crippen LogP contribution in [0.25, 0.3) is 0 Å². The molecule has 2 saturated heterocycles. The van der Waals surface area contributed by atoms with Gasteiger partial charge in [0.25, 0.3) is 5.91 Å². The predicted molar refractivity (Wildman–Crippen MR) is 94.2 cm³/mol. The molecule has 24 heavy (non-hydrogen) atoms. The van der Waals surface area contributed by atoms with Crippen LogP contribution in [0.1, 0.15) is 40.3 Å². The molecule has 2 amide bonds. The molecule has 0 radical (unpaired) electrons. The number of hydrogen-bond acceptors (Lipinski definition) is 5. The summed E-state index contributed by atoms with van der Waals surface area (Å²) in [4.78, 5) is 33.6. The minimum absolute atomic E-state index is 0.0996. The maximum absolute atomic E-state index is 12.7. The van der Waals surface area contributed by atoms with E-state index in [2.05, 4.69) is 4.98 Å². The topological polar surface area (TPSA) is 53.5 Å². The molecule has 4 rings (SSSR count). The molecule has 0 N–H and O–H groups in total. The number of piperidine rings is 1. The quantitative estimate of drug-likeness (QED) is 0.845. The number of rotatable bonds is 3. The summed E-state index contributed by atoms with van der Waals surface area (Å²) in [5, 5.41) is 6.88. The molecule has 2 fully saturated rings. The number of carbonyl (C=O) groups excluding carboxylic acids is 2. The Kier molecular flexibility index (Phi) is 4.14. The van der Waals surface area contributed by atoms with Crippen molar-refractivity contribution in [3.8, 4) is 0 Å². The van der Waals surface area contributed by atoms with Crippen LogP contribution in [0, 0.1) is 6.92 Å². The van der Waals surface area contributed by atoms with E-state index in [1.165, 1.54) is 0 Å². The van der Waals surface area contributed by atoms with Gasteiger partial charge in [0, 0.05) is 23.7 Å². The van der Waals surface area contributed by atoms with Crippen LogP contribution in [0.15, 0.2) is 22.2 Å². The second-order valence-corrected chi connectivity index (χ2v) is 8.19. The number of nitrogens with zero attached hydrogens (tertiary/aromatic N) is 3. The van der Waals surface area contributed by atoms with E-state index >= 15 is 0 Å². The van der Waals surface area contributed by atoms with Crippen LogP contribution in [0.4, 0.5) is 0 Å². The zero-order valence-electron chi connectivity index (χ0n) is 13.5. The molecule has 4 heterocycles. The molecule has 0 saturated carbocycles. The maximum Gasteiger partial charge on any atom is 0.255 e. The minimum Gasteiger partial charge on any atom is -0.333 e. The third kappa shape index (κ3) is 2.75. The zero-order chi connectivity index (χ0) is 16.7. The van der Waals surface area contributed by atoms with Crippen LogP contribution in [0.2, 0.25) is 0 Å². The Hall–Kier alpha value is -1.73. The van der Waals surface area contributed by atoms with Crippen molar-refractivity contribution in [3.05, 3.63) is 38.5 Å². The largest absolute Gasteiger partial charge is 0.333 e. The third-order valence-corrected chi connectivity index (χ3v) is 6.42. The van der Waals surface area contributed by atoms with E-state index in [1.807, 2.05) is 38.9 Å². The standard InChI is InChI=1S/C17H19N3O2S2/c1-11-18-13(10-24-11)8-20-15-4-6-19(14(15)2-3-16(20)21)17(22)12-5-7-23-9-12/h5,7,9-10,14-15H,2-4,6,8H2,1H3/t14-,15-/m1/s1. The third-order valence-electron chi connectivity index (χ3n) is 4.91. The number of aryl methyl sites for hydroxylation is 1. The Balaban J connectivity index is 1.53. The normalized spacial score (nSPS) is 23.6. The van der Waals surface area contributed by atoms with E-state index in [0.717, 1.165) is 35.7 Å². The number of hydrogen-bond donors (Lipinski definition) is 0. The molecule has 7 heteroatoms. The first kappa shape index (κ1) is 15.8. The molecule has 2 atom stereocenters. The van der Waals surface area contributed by atoms with E-state index in [-0.39, 0.29) is 23.9 Å². The van der Waals surface area contributed by atoms with Crippen LogP contribution in [0.5, 0.6) is 0 Å². The molecular formula is C17H19N3O2S2. The molecule has 0 aromatic carbocycles. The SMILES string of the molecule is Cc1nc(CN2C(=O)CC[C@@H]3[C@H]2CCN3C(=O)c2ccsc2)cs1. The lowest BCUT2D eigenvalue weighted by molar-refractivity contribution is -0.138.